The van der Waals surface area contributed by atoms with Crippen molar-refractivity contribution >= 4 is 11.6 Å². The van der Waals surface area contributed by atoms with Gasteiger partial charge in [0.1, 0.15) is 0 Å². The largest absolute Gasteiger partial charge is 0.123 e. The van der Waals surface area contributed by atoms with Gasteiger partial charge in [0.15, 0.2) is 0 Å². The second kappa shape index (κ2) is 7.56. The molecule has 0 nitrogen and oxygen atoms in total. The first kappa shape index (κ1) is 12.4. The molecule has 0 aliphatic heterocycles. The summed E-state index contributed by atoms with van der Waals surface area (Å²) in [4.78, 5) is 0. The molecule has 2 atom stereocenters. The first-order valence-electron chi connectivity index (χ1n) is 6.47. The van der Waals surface area contributed by atoms with E-state index in [1.54, 1.807) is 0 Å². The van der Waals surface area contributed by atoms with Crippen LogP contribution in [0.2, 0.25) is 0 Å². The van der Waals surface area contributed by atoms with Crippen LogP contribution in [0.25, 0.3) is 0 Å². The predicted molar refractivity (Wildman–Crippen MR) is 65.0 cm³/mol. The van der Waals surface area contributed by atoms with E-state index < -0.39 is 0 Å². The molecular weight excluding hydrogens is 192 g/mol. The van der Waals surface area contributed by atoms with Crippen molar-refractivity contribution in [3.8, 4) is 0 Å². The van der Waals surface area contributed by atoms with Crippen molar-refractivity contribution in [2.24, 2.45) is 5.92 Å². The van der Waals surface area contributed by atoms with Crippen LogP contribution in [-0.4, -0.2) is 5.38 Å². The van der Waals surface area contributed by atoms with E-state index in [4.69, 9.17) is 11.6 Å². The van der Waals surface area contributed by atoms with Crippen molar-refractivity contribution in [1.29, 1.82) is 0 Å². The van der Waals surface area contributed by atoms with Gasteiger partial charge in [-0.25, -0.2) is 0 Å². The van der Waals surface area contributed by atoms with Crippen LogP contribution >= 0.6 is 11.6 Å². The average Bonchev–Trinajstić information content (AvgIpc) is 2.18. The molecule has 0 N–H and O–H groups in total. The number of unbranched alkanes of at least 4 members (excludes halogenated alkanes) is 4. The van der Waals surface area contributed by atoms with Crippen LogP contribution in [0.5, 0.6) is 0 Å². The minimum atomic E-state index is 0.490. The number of alkyl halides is 1. The van der Waals surface area contributed by atoms with Crippen molar-refractivity contribution in [2.45, 2.75) is 76.5 Å². The number of halogens is 1. The van der Waals surface area contributed by atoms with Gasteiger partial charge >= 0.3 is 0 Å². The molecular formula is C13H25Cl. The molecule has 14 heavy (non-hydrogen) atoms. The molecule has 1 heteroatoms. The van der Waals surface area contributed by atoms with Gasteiger partial charge in [0.25, 0.3) is 0 Å². The van der Waals surface area contributed by atoms with Gasteiger partial charge in [-0.2, -0.15) is 0 Å². The van der Waals surface area contributed by atoms with E-state index in [1.165, 1.54) is 64.2 Å². The Labute approximate surface area is 94.4 Å². The zero-order valence-electron chi connectivity index (χ0n) is 9.60. The maximum absolute atomic E-state index is 6.17. The summed E-state index contributed by atoms with van der Waals surface area (Å²) >= 11 is 6.17. The van der Waals surface area contributed by atoms with Crippen LogP contribution in [0.1, 0.15) is 71.1 Å². The lowest BCUT2D eigenvalue weighted by Gasteiger charge is -2.25. The molecule has 0 radical (unpaired) electrons. The predicted octanol–water partition coefficient (Wildman–Crippen LogP) is 5.14. The fraction of sp³-hybridized carbons (Fsp3) is 1.00. The molecule has 1 fully saturated rings. The molecule has 0 heterocycles. The molecule has 1 aliphatic rings. The van der Waals surface area contributed by atoms with Crippen LogP contribution in [0.15, 0.2) is 0 Å². The number of hydrogen-bond acceptors (Lipinski definition) is 0. The third kappa shape index (κ3) is 5.24. The van der Waals surface area contributed by atoms with E-state index in [0.29, 0.717) is 5.38 Å². The minimum Gasteiger partial charge on any atom is -0.123 e. The van der Waals surface area contributed by atoms with Gasteiger partial charge in [-0.15, -0.1) is 11.6 Å². The molecule has 84 valence electrons. The highest BCUT2D eigenvalue weighted by molar-refractivity contribution is 6.20. The summed E-state index contributed by atoms with van der Waals surface area (Å²) in [5.74, 6) is 0.952. The van der Waals surface area contributed by atoms with E-state index in [0.717, 1.165) is 5.92 Å². The first-order chi connectivity index (χ1) is 6.83. The molecule has 0 aromatic carbocycles. The lowest BCUT2D eigenvalue weighted by molar-refractivity contribution is 0.332. The van der Waals surface area contributed by atoms with Gasteiger partial charge in [0.2, 0.25) is 0 Å². The number of hydrogen-bond donors (Lipinski definition) is 0. The summed E-state index contributed by atoms with van der Waals surface area (Å²) in [6, 6.07) is 0. The van der Waals surface area contributed by atoms with E-state index in [2.05, 4.69) is 6.92 Å². The van der Waals surface area contributed by atoms with Crippen molar-refractivity contribution in [1.82, 2.24) is 0 Å². The Kier molecular flexibility index (Phi) is 6.68. The lowest BCUT2D eigenvalue weighted by atomic mass is 9.85. The maximum atomic E-state index is 6.17. The smallest absolute Gasteiger partial charge is 0.0338 e. The van der Waals surface area contributed by atoms with Crippen molar-refractivity contribution in [3.63, 3.8) is 0 Å². The van der Waals surface area contributed by atoms with Gasteiger partial charge in [-0.1, -0.05) is 58.3 Å². The van der Waals surface area contributed by atoms with Gasteiger partial charge in [-0.3, -0.25) is 0 Å². The molecule has 1 rings (SSSR count). The Bertz CT molecular complexity index is 133. The molecule has 0 saturated heterocycles. The Balaban J connectivity index is 1.95. The molecule has 1 aliphatic carbocycles. The SMILES string of the molecule is CCCCCCCC1CCCC(Cl)C1. The third-order valence-corrected chi connectivity index (χ3v) is 3.83. The van der Waals surface area contributed by atoms with Crippen molar-refractivity contribution < 1.29 is 0 Å². The van der Waals surface area contributed by atoms with Gasteiger partial charge in [0.05, 0.1) is 0 Å². The van der Waals surface area contributed by atoms with Crippen molar-refractivity contribution in [3.05, 3.63) is 0 Å². The summed E-state index contributed by atoms with van der Waals surface area (Å²) in [6.45, 7) is 2.28. The fourth-order valence-corrected chi connectivity index (χ4v) is 2.93. The first-order valence-corrected chi connectivity index (χ1v) is 6.90. The van der Waals surface area contributed by atoms with E-state index in [1.807, 2.05) is 0 Å². The summed E-state index contributed by atoms with van der Waals surface area (Å²) in [5.41, 5.74) is 0. The van der Waals surface area contributed by atoms with Crippen molar-refractivity contribution in [2.75, 3.05) is 0 Å². The summed E-state index contributed by atoms with van der Waals surface area (Å²) in [6.07, 6.45) is 13.9. The Morgan fingerprint density at radius 3 is 2.57 bits per heavy atom. The zero-order valence-corrected chi connectivity index (χ0v) is 10.4. The second-order valence-electron chi connectivity index (χ2n) is 4.83. The van der Waals surface area contributed by atoms with Crippen LogP contribution in [0.4, 0.5) is 0 Å². The van der Waals surface area contributed by atoms with Gasteiger partial charge in [-0.05, 0) is 18.8 Å². The van der Waals surface area contributed by atoms with Crippen LogP contribution < -0.4 is 0 Å². The Morgan fingerprint density at radius 1 is 1.07 bits per heavy atom. The Hall–Kier alpha value is 0.290. The highest BCUT2D eigenvalue weighted by Crippen LogP contribution is 2.31. The van der Waals surface area contributed by atoms with Gasteiger partial charge < -0.3 is 0 Å². The van der Waals surface area contributed by atoms with Crippen LogP contribution in [0.3, 0.4) is 0 Å². The maximum Gasteiger partial charge on any atom is 0.0338 e. The molecule has 0 amide bonds. The minimum absolute atomic E-state index is 0.490. The molecule has 0 aromatic rings. The van der Waals surface area contributed by atoms with E-state index in [9.17, 15) is 0 Å². The average molecular weight is 217 g/mol. The molecule has 1 saturated carbocycles. The highest BCUT2D eigenvalue weighted by Gasteiger charge is 2.19. The number of rotatable bonds is 6. The topological polar surface area (TPSA) is 0 Å². The lowest BCUT2D eigenvalue weighted by Crippen LogP contribution is -2.15. The zero-order chi connectivity index (χ0) is 10.2. The fourth-order valence-electron chi connectivity index (χ4n) is 2.52. The molecule has 0 spiro atoms. The molecule has 0 aromatic heterocycles. The molecule has 0 bridgehead atoms. The quantitative estimate of drug-likeness (QED) is 0.426. The summed E-state index contributed by atoms with van der Waals surface area (Å²) in [5, 5.41) is 0.490. The molecule has 2 unspecified atom stereocenters. The monoisotopic (exact) mass is 216 g/mol. The Morgan fingerprint density at radius 2 is 1.86 bits per heavy atom. The second-order valence-corrected chi connectivity index (χ2v) is 5.45. The van der Waals surface area contributed by atoms with Crippen LogP contribution in [0, 0.1) is 5.92 Å². The summed E-state index contributed by atoms with van der Waals surface area (Å²) in [7, 11) is 0. The highest BCUT2D eigenvalue weighted by atomic mass is 35.5. The van der Waals surface area contributed by atoms with Crippen LogP contribution in [-0.2, 0) is 0 Å². The third-order valence-electron chi connectivity index (χ3n) is 3.43. The van der Waals surface area contributed by atoms with Gasteiger partial charge in [0, 0.05) is 5.38 Å². The normalized spacial score (nSPS) is 27.9. The summed E-state index contributed by atoms with van der Waals surface area (Å²) < 4.78 is 0. The van der Waals surface area contributed by atoms with E-state index in [-0.39, 0.29) is 0 Å². The van der Waals surface area contributed by atoms with E-state index >= 15 is 0 Å². The standard InChI is InChI=1S/C13H25Cl/c1-2-3-4-5-6-8-12-9-7-10-13(14)11-12/h12-13H,2-11H2,1H3.